The van der Waals surface area contributed by atoms with Gasteiger partial charge in [-0.15, -0.1) is 0 Å². The molecule has 2 aromatic heterocycles. The summed E-state index contributed by atoms with van der Waals surface area (Å²) in [4.78, 5) is 16.9. The van der Waals surface area contributed by atoms with Crippen LogP contribution in [0.1, 0.15) is 5.56 Å². The first-order valence-corrected chi connectivity index (χ1v) is 11.5. The molecule has 0 fully saturated rings. The van der Waals surface area contributed by atoms with Crippen LogP contribution in [0.5, 0.6) is 11.6 Å². The van der Waals surface area contributed by atoms with Crippen LogP contribution >= 0.6 is 15.9 Å². The summed E-state index contributed by atoms with van der Waals surface area (Å²) in [7, 11) is -4.18. The summed E-state index contributed by atoms with van der Waals surface area (Å²) in [5, 5.41) is 9.65. The molecule has 0 bridgehead atoms. The van der Waals surface area contributed by atoms with Crippen LogP contribution in [0.4, 0.5) is 0 Å². The normalized spacial score (nSPS) is 11.8. The summed E-state index contributed by atoms with van der Waals surface area (Å²) in [5.74, 6) is 0.301. The molecular formula is C23H14BrN3O4S. The molecule has 2 aromatic carbocycles. The van der Waals surface area contributed by atoms with Crippen LogP contribution in [0.2, 0.25) is 0 Å². The van der Waals surface area contributed by atoms with Gasteiger partial charge >= 0.3 is 0 Å². The van der Waals surface area contributed by atoms with Crippen LogP contribution < -0.4 is 10.3 Å². The maximum Gasteiger partial charge on any atom is 0.269 e. The molecule has 32 heavy (non-hydrogen) atoms. The molecule has 0 aliphatic carbocycles. The number of nitrogens with zero attached hydrogens (tertiary/aromatic N) is 3. The molecule has 0 saturated heterocycles. The number of aromatic nitrogens is 2. The van der Waals surface area contributed by atoms with Crippen LogP contribution in [0.3, 0.4) is 0 Å². The van der Waals surface area contributed by atoms with Crippen molar-refractivity contribution in [3.8, 4) is 17.7 Å². The van der Waals surface area contributed by atoms with Gasteiger partial charge in [-0.25, -0.2) is 8.42 Å². The number of hydrogen-bond acceptors (Lipinski definition) is 6. The van der Waals surface area contributed by atoms with Crippen LogP contribution in [0.15, 0.2) is 98.1 Å². The molecule has 0 saturated carbocycles. The van der Waals surface area contributed by atoms with Crippen molar-refractivity contribution in [1.82, 2.24) is 9.38 Å². The van der Waals surface area contributed by atoms with Gasteiger partial charge < -0.3 is 4.74 Å². The molecule has 0 aliphatic heterocycles. The second-order valence-electron chi connectivity index (χ2n) is 6.56. The molecule has 4 rings (SSSR count). The third-order valence-corrected chi connectivity index (χ3v) is 6.70. The number of allylic oxidation sites excluding steroid dienone is 1. The lowest BCUT2D eigenvalue weighted by molar-refractivity contribution is 0.461. The van der Waals surface area contributed by atoms with E-state index in [1.165, 1.54) is 22.7 Å². The van der Waals surface area contributed by atoms with E-state index in [0.717, 1.165) is 6.08 Å². The lowest BCUT2D eigenvalue weighted by atomic mass is 10.2. The van der Waals surface area contributed by atoms with E-state index in [2.05, 4.69) is 20.9 Å². The van der Waals surface area contributed by atoms with Crippen LogP contribution in [-0.4, -0.2) is 17.8 Å². The molecule has 4 aromatic rings. The predicted octanol–water partition coefficient (Wildman–Crippen LogP) is 4.59. The van der Waals surface area contributed by atoms with Crippen LogP contribution in [0, 0.1) is 11.3 Å². The van der Waals surface area contributed by atoms with Crippen molar-refractivity contribution in [2.75, 3.05) is 0 Å². The minimum Gasteiger partial charge on any atom is -0.438 e. The van der Waals surface area contributed by atoms with E-state index in [0.29, 0.717) is 15.9 Å². The Morgan fingerprint density at radius 1 is 1.03 bits per heavy atom. The van der Waals surface area contributed by atoms with Crippen LogP contribution in [-0.2, 0) is 9.84 Å². The van der Waals surface area contributed by atoms with E-state index in [4.69, 9.17) is 4.74 Å². The van der Waals surface area contributed by atoms with E-state index in [1.54, 1.807) is 66.7 Å². The molecule has 0 N–H and O–H groups in total. The summed E-state index contributed by atoms with van der Waals surface area (Å²) in [6.07, 6.45) is 2.51. The third kappa shape index (κ3) is 4.19. The molecule has 0 amide bonds. The smallest absolute Gasteiger partial charge is 0.269 e. The Kier molecular flexibility index (Phi) is 5.90. The van der Waals surface area contributed by atoms with Crippen molar-refractivity contribution in [1.29, 1.82) is 5.26 Å². The Balaban J connectivity index is 1.93. The Morgan fingerprint density at radius 2 is 1.72 bits per heavy atom. The minimum absolute atomic E-state index is 0.0760. The number of pyridine rings is 1. The Morgan fingerprint density at radius 3 is 2.41 bits per heavy atom. The average molecular weight is 508 g/mol. The van der Waals surface area contributed by atoms with Gasteiger partial charge in [0.15, 0.2) is 0 Å². The first-order chi connectivity index (χ1) is 15.4. The molecule has 158 valence electrons. The summed E-state index contributed by atoms with van der Waals surface area (Å²) in [6.45, 7) is 0. The molecule has 0 unspecified atom stereocenters. The van der Waals surface area contributed by atoms with Gasteiger partial charge in [-0.3, -0.25) is 9.20 Å². The van der Waals surface area contributed by atoms with Crippen molar-refractivity contribution in [3.63, 3.8) is 0 Å². The van der Waals surface area contributed by atoms with E-state index < -0.39 is 20.3 Å². The van der Waals surface area contributed by atoms with E-state index in [-0.39, 0.29) is 16.3 Å². The number of nitriles is 1. The highest BCUT2D eigenvalue weighted by Crippen LogP contribution is 2.27. The fourth-order valence-corrected chi connectivity index (χ4v) is 4.33. The van der Waals surface area contributed by atoms with Gasteiger partial charge in [0, 0.05) is 10.7 Å². The van der Waals surface area contributed by atoms with Crippen molar-refractivity contribution >= 4 is 37.5 Å². The van der Waals surface area contributed by atoms with Gasteiger partial charge in [-0.2, -0.15) is 10.2 Å². The minimum atomic E-state index is -4.18. The largest absolute Gasteiger partial charge is 0.438 e. The summed E-state index contributed by atoms with van der Waals surface area (Å²) in [5.41, 5.74) is -0.412. The van der Waals surface area contributed by atoms with Crippen molar-refractivity contribution in [2.24, 2.45) is 0 Å². The first-order valence-electron chi connectivity index (χ1n) is 9.27. The van der Waals surface area contributed by atoms with E-state index >= 15 is 0 Å². The Bertz CT molecular complexity index is 1540. The summed E-state index contributed by atoms with van der Waals surface area (Å²) < 4.78 is 33.8. The summed E-state index contributed by atoms with van der Waals surface area (Å²) >= 11 is 3.25. The SMILES string of the molecule is N#CC(=Cc1c(Oc2ccccc2)nc2ccccn2c1=O)S(=O)(=O)c1ccc(Br)cc1. The lowest BCUT2D eigenvalue weighted by Crippen LogP contribution is -2.19. The summed E-state index contributed by atoms with van der Waals surface area (Å²) in [6, 6.07) is 21.2. The number of rotatable bonds is 5. The molecule has 0 spiro atoms. The average Bonchev–Trinajstić information content (AvgIpc) is 2.80. The maximum absolute atomic E-state index is 13.2. The Labute approximate surface area is 191 Å². The van der Waals surface area contributed by atoms with E-state index in [1.807, 2.05) is 0 Å². The number of ether oxygens (including phenoxy) is 1. The first kappa shape index (κ1) is 21.5. The molecule has 2 heterocycles. The molecule has 0 radical (unpaired) electrons. The number of halogens is 1. The molecule has 9 heteroatoms. The zero-order chi connectivity index (χ0) is 22.7. The monoisotopic (exact) mass is 507 g/mol. The van der Waals surface area contributed by atoms with Gasteiger partial charge in [-0.1, -0.05) is 40.2 Å². The zero-order valence-corrected chi connectivity index (χ0v) is 18.7. The third-order valence-electron chi connectivity index (χ3n) is 4.49. The number of hydrogen-bond donors (Lipinski definition) is 0. The van der Waals surface area contributed by atoms with E-state index in [9.17, 15) is 18.5 Å². The van der Waals surface area contributed by atoms with Gasteiger partial charge in [0.05, 0.1) is 4.90 Å². The van der Waals surface area contributed by atoms with Crippen molar-refractivity contribution in [3.05, 3.63) is 104 Å². The second-order valence-corrected chi connectivity index (χ2v) is 9.39. The standard InChI is InChI=1S/C23H14BrN3O4S/c24-16-9-11-18(12-10-16)32(29,30)19(15-25)14-20-22(31-17-6-2-1-3-7-17)26-21-8-4-5-13-27(21)23(20)28/h1-14H. The molecule has 7 nitrogen and oxygen atoms in total. The number of benzene rings is 2. The predicted molar refractivity (Wildman–Crippen MR) is 123 cm³/mol. The lowest BCUT2D eigenvalue weighted by Gasteiger charge is -2.10. The maximum atomic E-state index is 13.2. The second kappa shape index (κ2) is 8.78. The van der Waals surface area contributed by atoms with Crippen molar-refractivity contribution < 1.29 is 13.2 Å². The van der Waals surface area contributed by atoms with Gasteiger partial charge in [0.2, 0.25) is 15.7 Å². The molecule has 0 aliphatic rings. The molecule has 0 atom stereocenters. The Hall–Kier alpha value is -3.74. The number of para-hydroxylation sites is 1. The van der Waals surface area contributed by atoms with Gasteiger partial charge in [0.25, 0.3) is 5.56 Å². The quantitative estimate of drug-likeness (QED) is 0.366. The zero-order valence-electron chi connectivity index (χ0n) is 16.3. The molecular weight excluding hydrogens is 494 g/mol. The highest BCUT2D eigenvalue weighted by molar-refractivity contribution is 9.10. The van der Waals surface area contributed by atoms with Gasteiger partial charge in [-0.05, 0) is 54.6 Å². The van der Waals surface area contributed by atoms with Crippen molar-refractivity contribution in [2.45, 2.75) is 4.90 Å². The highest BCUT2D eigenvalue weighted by atomic mass is 79.9. The number of fused-ring (bicyclic) bond motifs is 1. The van der Waals surface area contributed by atoms with Crippen LogP contribution in [0.25, 0.3) is 11.7 Å². The fraction of sp³-hybridized carbons (Fsp3) is 0. The van der Waals surface area contributed by atoms with Gasteiger partial charge in [0.1, 0.15) is 27.9 Å². The number of sulfone groups is 1. The highest BCUT2D eigenvalue weighted by Gasteiger charge is 2.23. The topological polar surface area (TPSA) is 102 Å². The fourth-order valence-electron chi connectivity index (χ4n) is 2.93.